The fraction of sp³-hybridized carbons (Fsp3) is 0.615. The van der Waals surface area contributed by atoms with Crippen LogP contribution in [-0.4, -0.2) is 11.3 Å². The van der Waals surface area contributed by atoms with Crippen LogP contribution in [0.15, 0.2) is 12.1 Å². The lowest BCUT2D eigenvalue weighted by Crippen LogP contribution is -2.47. The van der Waals surface area contributed by atoms with Gasteiger partial charge in [0.1, 0.15) is 0 Å². The maximum atomic E-state index is 12.1. The van der Waals surface area contributed by atoms with Crippen molar-refractivity contribution in [3.05, 3.63) is 21.9 Å². The van der Waals surface area contributed by atoms with Gasteiger partial charge in [0.05, 0.1) is 5.54 Å². The minimum absolute atomic E-state index is 0.169. The molecule has 0 bridgehead atoms. The smallest absolute Gasteiger partial charge is 0.157 e. The average Bonchev–Trinajstić information content (AvgIpc) is 2.75. The highest BCUT2D eigenvalue weighted by molar-refractivity contribution is 7.12. The van der Waals surface area contributed by atoms with Crippen molar-refractivity contribution in [1.82, 2.24) is 0 Å². The molecule has 2 N–H and O–H groups in total. The number of ketones is 1. The number of thiophene rings is 1. The monoisotopic (exact) mass is 239 g/mol. The Kier molecular flexibility index (Phi) is 4.69. The summed E-state index contributed by atoms with van der Waals surface area (Å²) in [6.45, 7) is 6.09. The predicted octanol–water partition coefficient (Wildman–Crippen LogP) is 2.94. The van der Waals surface area contributed by atoms with Crippen molar-refractivity contribution in [3.63, 3.8) is 0 Å². The first kappa shape index (κ1) is 13.4. The van der Waals surface area contributed by atoms with Crippen molar-refractivity contribution in [1.29, 1.82) is 0 Å². The molecule has 0 radical (unpaired) electrons. The molecule has 0 fully saturated rings. The van der Waals surface area contributed by atoms with Crippen LogP contribution >= 0.6 is 11.3 Å². The Balaban J connectivity index is 2.70. The topological polar surface area (TPSA) is 43.1 Å². The first-order valence-electron chi connectivity index (χ1n) is 5.95. The molecule has 1 aromatic heterocycles. The van der Waals surface area contributed by atoms with Gasteiger partial charge in [0.25, 0.3) is 0 Å². The third-order valence-corrected chi connectivity index (χ3v) is 4.45. The molecule has 1 heterocycles. The summed E-state index contributed by atoms with van der Waals surface area (Å²) < 4.78 is 0. The third kappa shape index (κ3) is 2.92. The van der Waals surface area contributed by atoms with Gasteiger partial charge in [-0.2, -0.15) is 0 Å². The van der Waals surface area contributed by atoms with Gasteiger partial charge in [-0.3, -0.25) is 4.79 Å². The molecule has 2 nitrogen and oxygen atoms in total. The zero-order valence-electron chi connectivity index (χ0n) is 10.4. The van der Waals surface area contributed by atoms with E-state index in [4.69, 9.17) is 5.73 Å². The van der Waals surface area contributed by atoms with Gasteiger partial charge in [-0.15, -0.1) is 11.3 Å². The molecule has 0 amide bonds. The van der Waals surface area contributed by atoms with Gasteiger partial charge in [0, 0.05) is 16.2 Å². The van der Waals surface area contributed by atoms with Crippen molar-refractivity contribution >= 4 is 17.1 Å². The zero-order valence-corrected chi connectivity index (χ0v) is 11.2. The van der Waals surface area contributed by atoms with E-state index < -0.39 is 5.54 Å². The van der Waals surface area contributed by atoms with E-state index in [0.29, 0.717) is 19.3 Å². The molecule has 0 aromatic carbocycles. The molecule has 16 heavy (non-hydrogen) atoms. The van der Waals surface area contributed by atoms with Crippen LogP contribution in [0.2, 0.25) is 0 Å². The first-order valence-corrected chi connectivity index (χ1v) is 6.77. The summed E-state index contributed by atoms with van der Waals surface area (Å²) in [5.41, 5.74) is 5.45. The number of hydrogen-bond acceptors (Lipinski definition) is 3. The fourth-order valence-electron chi connectivity index (χ4n) is 1.69. The quantitative estimate of drug-likeness (QED) is 0.829. The molecule has 0 spiro atoms. The number of Topliss-reactive ketones (excluding diaryl/α,β-unsaturated/α-hetero) is 1. The summed E-state index contributed by atoms with van der Waals surface area (Å²) in [7, 11) is 0. The number of hydrogen-bond donors (Lipinski definition) is 1. The maximum Gasteiger partial charge on any atom is 0.157 e. The second kappa shape index (κ2) is 5.60. The molecule has 0 saturated heterocycles. The number of carbonyl (C=O) groups excluding carboxylic acids is 1. The van der Waals surface area contributed by atoms with E-state index in [2.05, 4.69) is 13.0 Å². The van der Waals surface area contributed by atoms with Crippen molar-refractivity contribution in [3.8, 4) is 0 Å². The van der Waals surface area contributed by atoms with Crippen LogP contribution in [-0.2, 0) is 17.6 Å². The lowest BCUT2D eigenvalue weighted by atomic mass is 9.87. The highest BCUT2D eigenvalue weighted by Crippen LogP contribution is 2.21. The van der Waals surface area contributed by atoms with E-state index in [9.17, 15) is 4.79 Å². The maximum absolute atomic E-state index is 12.1. The number of rotatable bonds is 6. The number of nitrogens with two attached hydrogens (primary N) is 1. The largest absolute Gasteiger partial charge is 0.319 e. The van der Waals surface area contributed by atoms with Crippen LogP contribution in [0.5, 0.6) is 0 Å². The summed E-state index contributed by atoms with van der Waals surface area (Å²) in [4.78, 5) is 14.5. The van der Waals surface area contributed by atoms with Crippen LogP contribution in [0.3, 0.4) is 0 Å². The zero-order chi connectivity index (χ0) is 12.2. The number of carbonyl (C=O) groups is 1. The van der Waals surface area contributed by atoms with E-state index >= 15 is 0 Å². The van der Waals surface area contributed by atoms with Gasteiger partial charge in [0.2, 0.25) is 0 Å². The lowest BCUT2D eigenvalue weighted by molar-refractivity contribution is -0.123. The van der Waals surface area contributed by atoms with Crippen molar-refractivity contribution in [2.75, 3.05) is 0 Å². The van der Waals surface area contributed by atoms with E-state index in [0.717, 1.165) is 11.3 Å². The van der Waals surface area contributed by atoms with Crippen LogP contribution in [0.25, 0.3) is 0 Å². The molecule has 3 heteroatoms. The van der Waals surface area contributed by atoms with E-state index in [-0.39, 0.29) is 5.78 Å². The highest BCUT2D eigenvalue weighted by Gasteiger charge is 2.29. The summed E-state index contributed by atoms with van der Waals surface area (Å²) in [5, 5.41) is 0. The molecule has 0 saturated carbocycles. The standard InChI is InChI=1S/C13H21NOS/c1-4-10-7-8-11(16-10)9-12(15)13(14,5-2)6-3/h7-8H,4-6,9,14H2,1-3H3. The van der Waals surface area contributed by atoms with E-state index in [1.54, 1.807) is 11.3 Å². The molecule has 1 aromatic rings. The van der Waals surface area contributed by atoms with Gasteiger partial charge in [-0.1, -0.05) is 20.8 Å². The predicted molar refractivity (Wildman–Crippen MR) is 69.9 cm³/mol. The second-order valence-corrected chi connectivity index (χ2v) is 5.44. The molecule has 0 atom stereocenters. The molecular formula is C13H21NOS. The number of aryl methyl sites for hydroxylation is 1. The highest BCUT2D eigenvalue weighted by atomic mass is 32.1. The Morgan fingerprint density at radius 1 is 1.25 bits per heavy atom. The second-order valence-electron chi connectivity index (χ2n) is 4.18. The molecular weight excluding hydrogens is 218 g/mol. The molecule has 0 aliphatic heterocycles. The molecule has 0 aliphatic rings. The summed E-state index contributed by atoms with van der Waals surface area (Å²) in [6, 6.07) is 4.15. The van der Waals surface area contributed by atoms with Gasteiger partial charge in [-0.05, 0) is 31.4 Å². The van der Waals surface area contributed by atoms with Crippen molar-refractivity contribution < 1.29 is 4.79 Å². The minimum atomic E-state index is -0.629. The first-order chi connectivity index (χ1) is 7.55. The Morgan fingerprint density at radius 3 is 2.25 bits per heavy atom. The summed E-state index contributed by atoms with van der Waals surface area (Å²) >= 11 is 1.72. The average molecular weight is 239 g/mol. The normalized spacial score (nSPS) is 11.8. The molecule has 0 unspecified atom stereocenters. The van der Waals surface area contributed by atoms with E-state index in [1.807, 2.05) is 19.9 Å². The van der Waals surface area contributed by atoms with Crippen LogP contribution < -0.4 is 5.73 Å². The summed E-state index contributed by atoms with van der Waals surface area (Å²) in [6.07, 6.45) is 2.96. The van der Waals surface area contributed by atoms with Crippen molar-refractivity contribution in [2.45, 2.75) is 52.0 Å². The Bertz CT molecular complexity index is 353. The van der Waals surface area contributed by atoms with E-state index in [1.165, 1.54) is 4.88 Å². The van der Waals surface area contributed by atoms with Gasteiger partial charge in [-0.25, -0.2) is 0 Å². The Hall–Kier alpha value is -0.670. The van der Waals surface area contributed by atoms with Gasteiger partial charge < -0.3 is 5.73 Å². The van der Waals surface area contributed by atoms with Crippen LogP contribution in [0.1, 0.15) is 43.4 Å². The fourth-order valence-corrected chi connectivity index (χ4v) is 2.64. The van der Waals surface area contributed by atoms with Gasteiger partial charge in [0.15, 0.2) is 5.78 Å². The Morgan fingerprint density at radius 2 is 1.81 bits per heavy atom. The SMILES string of the molecule is CCc1ccc(CC(=O)C(N)(CC)CC)s1. The summed E-state index contributed by atoms with van der Waals surface area (Å²) in [5.74, 6) is 0.169. The van der Waals surface area contributed by atoms with Gasteiger partial charge >= 0.3 is 0 Å². The minimum Gasteiger partial charge on any atom is -0.319 e. The molecule has 90 valence electrons. The van der Waals surface area contributed by atoms with Crippen LogP contribution in [0.4, 0.5) is 0 Å². The van der Waals surface area contributed by atoms with Crippen LogP contribution in [0, 0.1) is 0 Å². The third-order valence-electron chi connectivity index (χ3n) is 3.22. The molecule has 0 aliphatic carbocycles. The Labute approximate surface area is 102 Å². The lowest BCUT2D eigenvalue weighted by Gasteiger charge is -2.24. The van der Waals surface area contributed by atoms with Crippen molar-refractivity contribution in [2.24, 2.45) is 5.73 Å². The molecule has 1 rings (SSSR count).